The van der Waals surface area contributed by atoms with E-state index in [2.05, 4.69) is 0 Å². The topological polar surface area (TPSA) is 46.2 Å². The van der Waals surface area contributed by atoms with E-state index in [-0.39, 0.29) is 11.3 Å². The van der Waals surface area contributed by atoms with Crippen LogP contribution in [0.15, 0.2) is 18.2 Å². The van der Waals surface area contributed by atoms with Gasteiger partial charge in [-0.1, -0.05) is 19.8 Å². The maximum absolute atomic E-state index is 12.5. The predicted octanol–water partition coefficient (Wildman–Crippen LogP) is 3.51. The molecule has 0 bridgehead atoms. The third kappa shape index (κ3) is 3.63. The van der Waals surface area contributed by atoms with Gasteiger partial charge in [0.25, 0.3) is 0 Å². The molecule has 0 aliphatic heterocycles. The van der Waals surface area contributed by atoms with Crippen LogP contribution in [0.2, 0.25) is 0 Å². The van der Waals surface area contributed by atoms with Crippen molar-refractivity contribution in [3.63, 3.8) is 0 Å². The Morgan fingerprint density at radius 2 is 2.00 bits per heavy atom. The number of nitrogens with two attached hydrogens (primary N) is 1. The van der Waals surface area contributed by atoms with Crippen molar-refractivity contribution in [2.45, 2.75) is 38.5 Å². The van der Waals surface area contributed by atoms with Crippen LogP contribution in [0, 0.1) is 0 Å². The predicted molar refractivity (Wildman–Crippen MR) is 60.3 cm³/mol. The Bertz CT molecular complexity index is 377. The number of aliphatic hydroxyl groups excluding tert-OH is 1. The number of benzene rings is 1. The largest absolute Gasteiger partial charge is 0.416 e. The molecule has 0 aliphatic rings. The molecular weight excluding hydrogens is 231 g/mol. The third-order valence-electron chi connectivity index (χ3n) is 2.60. The number of rotatable bonds is 4. The number of aliphatic hydroxyl groups is 1. The van der Waals surface area contributed by atoms with Crippen molar-refractivity contribution in [2.75, 3.05) is 5.73 Å². The third-order valence-corrected chi connectivity index (χ3v) is 2.60. The molecule has 1 aromatic rings. The fourth-order valence-corrected chi connectivity index (χ4v) is 1.59. The summed E-state index contributed by atoms with van der Waals surface area (Å²) in [4.78, 5) is 0. The summed E-state index contributed by atoms with van der Waals surface area (Å²) in [6, 6.07) is 3.04. The van der Waals surface area contributed by atoms with Gasteiger partial charge in [-0.2, -0.15) is 13.2 Å². The summed E-state index contributed by atoms with van der Waals surface area (Å²) in [6.07, 6.45) is -3.31. The molecule has 0 saturated heterocycles. The minimum atomic E-state index is -4.41. The first-order valence-corrected chi connectivity index (χ1v) is 5.51. The summed E-state index contributed by atoms with van der Waals surface area (Å²) in [5.74, 6) is 0. The summed E-state index contributed by atoms with van der Waals surface area (Å²) >= 11 is 0. The van der Waals surface area contributed by atoms with Crippen LogP contribution in [0.4, 0.5) is 18.9 Å². The summed E-state index contributed by atoms with van der Waals surface area (Å²) in [7, 11) is 0. The van der Waals surface area contributed by atoms with E-state index in [1.165, 1.54) is 6.07 Å². The van der Waals surface area contributed by atoms with Gasteiger partial charge >= 0.3 is 6.18 Å². The Balaban J connectivity index is 2.98. The van der Waals surface area contributed by atoms with Gasteiger partial charge in [0, 0.05) is 11.3 Å². The number of hydrogen-bond acceptors (Lipinski definition) is 2. The van der Waals surface area contributed by atoms with Crippen LogP contribution in [-0.2, 0) is 6.18 Å². The van der Waals surface area contributed by atoms with E-state index in [9.17, 15) is 18.3 Å². The Kier molecular flexibility index (Phi) is 4.40. The molecule has 1 rings (SSSR count). The van der Waals surface area contributed by atoms with Crippen molar-refractivity contribution in [2.24, 2.45) is 0 Å². The van der Waals surface area contributed by atoms with Gasteiger partial charge in [0.2, 0.25) is 0 Å². The minimum absolute atomic E-state index is 0.160. The van der Waals surface area contributed by atoms with Gasteiger partial charge in [0.1, 0.15) is 0 Å². The molecule has 0 radical (unpaired) electrons. The van der Waals surface area contributed by atoms with E-state index in [0.29, 0.717) is 6.42 Å². The lowest BCUT2D eigenvalue weighted by Crippen LogP contribution is -2.09. The van der Waals surface area contributed by atoms with Crippen molar-refractivity contribution in [1.82, 2.24) is 0 Å². The normalized spacial score (nSPS) is 13.7. The first kappa shape index (κ1) is 13.8. The second-order valence-corrected chi connectivity index (χ2v) is 4.00. The molecule has 3 N–H and O–H groups in total. The zero-order chi connectivity index (χ0) is 13.1. The Hall–Kier alpha value is -1.23. The molecule has 2 nitrogen and oxygen atoms in total. The van der Waals surface area contributed by atoms with Crippen LogP contribution in [0.1, 0.15) is 43.4 Å². The Morgan fingerprint density at radius 1 is 1.35 bits per heavy atom. The molecule has 0 aromatic heterocycles. The molecule has 0 heterocycles. The van der Waals surface area contributed by atoms with Crippen LogP contribution in [0.5, 0.6) is 0 Å². The SMILES string of the molecule is CCCCC(O)c1cc(C(F)(F)F)ccc1N. The minimum Gasteiger partial charge on any atom is -0.398 e. The van der Waals surface area contributed by atoms with Crippen molar-refractivity contribution in [1.29, 1.82) is 0 Å². The summed E-state index contributed by atoms with van der Waals surface area (Å²) in [5.41, 5.74) is 5.15. The number of unbranched alkanes of at least 4 members (excludes halogenated alkanes) is 1. The highest BCUT2D eigenvalue weighted by Crippen LogP contribution is 2.34. The standard InChI is InChI=1S/C12H16F3NO/c1-2-3-4-11(17)9-7-8(12(13,14)15)5-6-10(9)16/h5-7,11,17H,2-4,16H2,1H3. The Morgan fingerprint density at radius 3 is 2.53 bits per heavy atom. The van der Waals surface area contributed by atoms with E-state index in [4.69, 9.17) is 5.73 Å². The van der Waals surface area contributed by atoms with E-state index < -0.39 is 17.8 Å². The first-order valence-electron chi connectivity index (χ1n) is 5.51. The summed E-state index contributed by atoms with van der Waals surface area (Å²) < 4.78 is 37.5. The second-order valence-electron chi connectivity index (χ2n) is 4.00. The second kappa shape index (κ2) is 5.40. The van der Waals surface area contributed by atoms with Crippen molar-refractivity contribution in [3.8, 4) is 0 Å². The van der Waals surface area contributed by atoms with Gasteiger partial charge < -0.3 is 10.8 Å². The molecule has 1 aromatic carbocycles. The number of alkyl halides is 3. The van der Waals surface area contributed by atoms with Crippen LogP contribution in [0.25, 0.3) is 0 Å². The first-order chi connectivity index (χ1) is 7.86. The molecule has 0 fully saturated rings. The zero-order valence-electron chi connectivity index (χ0n) is 9.59. The molecule has 0 spiro atoms. The molecular formula is C12H16F3NO. The van der Waals surface area contributed by atoms with Gasteiger partial charge in [-0.05, 0) is 24.6 Å². The highest BCUT2D eigenvalue weighted by Gasteiger charge is 2.31. The average molecular weight is 247 g/mol. The van der Waals surface area contributed by atoms with Crippen LogP contribution < -0.4 is 5.73 Å². The molecule has 5 heteroatoms. The van der Waals surface area contributed by atoms with E-state index in [0.717, 1.165) is 25.0 Å². The maximum Gasteiger partial charge on any atom is 0.416 e. The van der Waals surface area contributed by atoms with Gasteiger partial charge in [-0.15, -0.1) is 0 Å². The molecule has 17 heavy (non-hydrogen) atoms. The Labute approximate surface area is 98.3 Å². The molecule has 1 atom stereocenters. The number of halogens is 3. The fraction of sp³-hybridized carbons (Fsp3) is 0.500. The van der Waals surface area contributed by atoms with Crippen LogP contribution in [-0.4, -0.2) is 5.11 Å². The van der Waals surface area contributed by atoms with Gasteiger partial charge in [-0.3, -0.25) is 0 Å². The monoisotopic (exact) mass is 247 g/mol. The lowest BCUT2D eigenvalue weighted by atomic mass is 10.00. The number of nitrogen functional groups attached to an aromatic ring is 1. The molecule has 0 saturated carbocycles. The maximum atomic E-state index is 12.5. The summed E-state index contributed by atoms with van der Waals surface area (Å²) in [5, 5.41) is 9.78. The molecule has 0 aliphatic carbocycles. The van der Waals surface area contributed by atoms with Crippen LogP contribution >= 0.6 is 0 Å². The summed E-state index contributed by atoms with van der Waals surface area (Å²) in [6.45, 7) is 1.95. The molecule has 0 amide bonds. The smallest absolute Gasteiger partial charge is 0.398 e. The quantitative estimate of drug-likeness (QED) is 0.800. The van der Waals surface area contributed by atoms with E-state index in [1.807, 2.05) is 6.92 Å². The van der Waals surface area contributed by atoms with Gasteiger partial charge in [0.15, 0.2) is 0 Å². The highest BCUT2D eigenvalue weighted by molar-refractivity contribution is 5.50. The fourth-order valence-electron chi connectivity index (χ4n) is 1.59. The van der Waals surface area contributed by atoms with Crippen molar-refractivity contribution < 1.29 is 18.3 Å². The van der Waals surface area contributed by atoms with E-state index >= 15 is 0 Å². The highest BCUT2D eigenvalue weighted by atomic mass is 19.4. The lowest BCUT2D eigenvalue weighted by Gasteiger charge is -2.15. The average Bonchev–Trinajstić information content (AvgIpc) is 2.24. The number of anilines is 1. The van der Waals surface area contributed by atoms with Crippen molar-refractivity contribution >= 4 is 5.69 Å². The van der Waals surface area contributed by atoms with Crippen molar-refractivity contribution in [3.05, 3.63) is 29.3 Å². The van der Waals surface area contributed by atoms with E-state index in [1.54, 1.807) is 0 Å². The number of hydrogen-bond donors (Lipinski definition) is 2. The lowest BCUT2D eigenvalue weighted by molar-refractivity contribution is -0.137. The molecule has 96 valence electrons. The van der Waals surface area contributed by atoms with Gasteiger partial charge in [-0.25, -0.2) is 0 Å². The van der Waals surface area contributed by atoms with Crippen LogP contribution in [0.3, 0.4) is 0 Å². The van der Waals surface area contributed by atoms with Gasteiger partial charge in [0.05, 0.1) is 11.7 Å². The molecule has 1 unspecified atom stereocenters. The zero-order valence-corrected chi connectivity index (χ0v) is 9.59.